The van der Waals surface area contributed by atoms with Crippen molar-refractivity contribution < 1.29 is 4.79 Å². The highest BCUT2D eigenvalue weighted by Crippen LogP contribution is 2.19. The van der Waals surface area contributed by atoms with Crippen molar-refractivity contribution in [3.63, 3.8) is 0 Å². The molecule has 1 aromatic carbocycles. The summed E-state index contributed by atoms with van der Waals surface area (Å²) in [6, 6.07) is 10.3. The average molecular weight is 330 g/mol. The molecule has 2 heterocycles. The van der Waals surface area contributed by atoms with Gasteiger partial charge in [-0.25, -0.2) is 0 Å². The maximum Gasteiger partial charge on any atom is 0.239 e. The third kappa shape index (κ3) is 4.35. The van der Waals surface area contributed by atoms with Crippen molar-refractivity contribution in [3.05, 3.63) is 35.9 Å². The van der Waals surface area contributed by atoms with Crippen LogP contribution in [0.3, 0.4) is 0 Å². The number of likely N-dealkylation sites (tertiary alicyclic amines) is 1. The second-order valence-corrected chi connectivity index (χ2v) is 7.19. The van der Waals surface area contributed by atoms with E-state index in [4.69, 9.17) is 5.73 Å². The molecule has 2 fully saturated rings. The van der Waals surface area contributed by atoms with E-state index in [9.17, 15) is 4.79 Å². The second kappa shape index (κ2) is 8.10. The van der Waals surface area contributed by atoms with E-state index in [1.165, 1.54) is 0 Å². The van der Waals surface area contributed by atoms with Crippen LogP contribution in [0.2, 0.25) is 0 Å². The molecule has 5 heteroatoms. The fraction of sp³-hybridized carbons (Fsp3) is 0.632. The number of piperidine rings is 1. The fourth-order valence-corrected chi connectivity index (χ4v) is 3.83. The maximum atomic E-state index is 12.6. The summed E-state index contributed by atoms with van der Waals surface area (Å²) >= 11 is 0. The van der Waals surface area contributed by atoms with E-state index in [1.54, 1.807) is 0 Å². The number of amides is 1. The van der Waals surface area contributed by atoms with E-state index >= 15 is 0 Å². The molecule has 0 spiro atoms. The standard InChI is InChI=1S/C19H30N4O/c1-21-11-13-22(14-12-21)17-7-9-23(10-8-17)19(24)18(20)15-16-5-3-2-4-6-16/h2-6,17-18H,7-15,20H2,1H3/t18-/m0/s1. The summed E-state index contributed by atoms with van der Waals surface area (Å²) in [5.74, 6) is 0.107. The summed E-state index contributed by atoms with van der Waals surface area (Å²) in [6.07, 6.45) is 2.78. The largest absolute Gasteiger partial charge is 0.341 e. The molecule has 2 N–H and O–H groups in total. The monoisotopic (exact) mass is 330 g/mol. The van der Waals surface area contributed by atoms with Crippen LogP contribution in [0.25, 0.3) is 0 Å². The van der Waals surface area contributed by atoms with Crippen LogP contribution in [0.4, 0.5) is 0 Å². The van der Waals surface area contributed by atoms with Crippen LogP contribution in [-0.2, 0) is 11.2 Å². The number of hydrogen-bond donors (Lipinski definition) is 1. The summed E-state index contributed by atoms with van der Waals surface area (Å²) in [7, 11) is 2.19. The highest BCUT2D eigenvalue weighted by Gasteiger charge is 2.30. The summed E-state index contributed by atoms with van der Waals surface area (Å²) in [5.41, 5.74) is 7.30. The number of carbonyl (C=O) groups excluding carboxylic acids is 1. The number of carbonyl (C=O) groups is 1. The Morgan fingerprint density at radius 1 is 1.08 bits per heavy atom. The Bertz CT molecular complexity index is 519. The molecule has 0 saturated carbocycles. The van der Waals surface area contributed by atoms with Crippen molar-refractivity contribution in [1.29, 1.82) is 0 Å². The van der Waals surface area contributed by atoms with Crippen LogP contribution < -0.4 is 5.73 Å². The molecule has 132 valence electrons. The van der Waals surface area contributed by atoms with Gasteiger partial charge in [0.25, 0.3) is 0 Å². The van der Waals surface area contributed by atoms with E-state index < -0.39 is 6.04 Å². The SMILES string of the molecule is CN1CCN(C2CCN(C(=O)[C@@H](N)Cc3ccccc3)CC2)CC1. The summed E-state index contributed by atoms with van der Waals surface area (Å²) < 4.78 is 0. The normalized spacial score (nSPS) is 22.5. The molecule has 0 bridgehead atoms. The lowest BCUT2D eigenvalue weighted by Gasteiger charge is -2.42. The molecular formula is C19H30N4O. The number of likely N-dealkylation sites (N-methyl/N-ethyl adjacent to an activating group) is 1. The van der Waals surface area contributed by atoms with E-state index in [-0.39, 0.29) is 5.91 Å². The van der Waals surface area contributed by atoms with Crippen molar-refractivity contribution in [3.8, 4) is 0 Å². The molecule has 5 nitrogen and oxygen atoms in total. The van der Waals surface area contributed by atoms with Gasteiger partial charge in [0, 0.05) is 45.3 Å². The zero-order valence-electron chi connectivity index (χ0n) is 14.7. The van der Waals surface area contributed by atoms with Crippen molar-refractivity contribution in [2.24, 2.45) is 5.73 Å². The summed E-state index contributed by atoms with van der Waals surface area (Å²) in [5, 5.41) is 0. The molecule has 0 unspecified atom stereocenters. The Morgan fingerprint density at radius 2 is 1.71 bits per heavy atom. The fourth-order valence-electron chi connectivity index (χ4n) is 3.83. The van der Waals surface area contributed by atoms with E-state index in [2.05, 4.69) is 16.8 Å². The van der Waals surface area contributed by atoms with Crippen LogP contribution in [-0.4, -0.2) is 79.0 Å². The molecule has 2 aliphatic rings. The third-order valence-corrected chi connectivity index (χ3v) is 5.45. The number of hydrogen-bond acceptors (Lipinski definition) is 4. The van der Waals surface area contributed by atoms with Crippen LogP contribution in [0.5, 0.6) is 0 Å². The Labute approximate surface area is 145 Å². The molecule has 1 aromatic rings. The molecule has 24 heavy (non-hydrogen) atoms. The minimum absolute atomic E-state index is 0.107. The van der Waals surface area contributed by atoms with Gasteiger partial charge < -0.3 is 15.5 Å². The number of nitrogens with two attached hydrogens (primary N) is 1. The number of piperazine rings is 1. The zero-order valence-corrected chi connectivity index (χ0v) is 14.7. The van der Waals surface area contributed by atoms with Crippen LogP contribution in [0.1, 0.15) is 18.4 Å². The van der Waals surface area contributed by atoms with Crippen molar-refractivity contribution >= 4 is 5.91 Å². The lowest BCUT2D eigenvalue weighted by atomic mass is 10.00. The molecule has 0 aromatic heterocycles. The quantitative estimate of drug-likeness (QED) is 0.887. The van der Waals surface area contributed by atoms with E-state index in [0.29, 0.717) is 12.5 Å². The molecule has 0 aliphatic carbocycles. The number of rotatable bonds is 4. The molecule has 2 saturated heterocycles. The highest BCUT2D eigenvalue weighted by molar-refractivity contribution is 5.82. The maximum absolute atomic E-state index is 12.6. The minimum atomic E-state index is -0.424. The van der Waals surface area contributed by atoms with E-state index in [1.807, 2.05) is 35.2 Å². The van der Waals surface area contributed by atoms with Crippen molar-refractivity contribution in [2.45, 2.75) is 31.3 Å². The summed E-state index contributed by atoms with van der Waals surface area (Å²) in [6.45, 7) is 6.31. The molecule has 2 aliphatic heterocycles. The molecule has 1 amide bonds. The summed E-state index contributed by atoms with van der Waals surface area (Å²) in [4.78, 5) is 19.6. The van der Waals surface area contributed by atoms with Gasteiger partial charge in [-0.05, 0) is 31.9 Å². The number of nitrogens with zero attached hydrogens (tertiary/aromatic N) is 3. The van der Waals surface area contributed by atoms with Crippen LogP contribution in [0, 0.1) is 0 Å². The van der Waals surface area contributed by atoms with Gasteiger partial charge >= 0.3 is 0 Å². The van der Waals surface area contributed by atoms with Gasteiger partial charge in [0.05, 0.1) is 6.04 Å². The van der Waals surface area contributed by atoms with Crippen LogP contribution in [0.15, 0.2) is 30.3 Å². The van der Waals surface area contributed by atoms with Gasteiger partial charge in [-0.1, -0.05) is 30.3 Å². The molecule has 0 radical (unpaired) electrons. The predicted molar refractivity (Wildman–Crippen MR) is 96.8 cm³/mol. The Kier molecular flexibility index (Phi) is 5.87. The first kappa shape index (κ1) is 17.4. The molecule has 1 atom stereocenters. The van der Waals surface area contributed by atoms with E-state index in [0.717, 1.165) is 57.7 Å². The van der Waals surface area contributed by atoms with Crippen molar-refractivity contribution in [2.75, 3.05) is 46.3 Å². The van der Waals surface area contributed by atoms with Gasteiger partial charge in [0.1, 0.15) is 0 Å². The van der Waals surface area contributed by atoms with Crippen molar-refractivity contribution in [1.82, 2.24) is 14.7 Å². The highest BCUT2D eigenvalue weighted by atomic mass is 16.2. The van der Waals surface area contributed by atoms with Gasteiger partial charge in [-0.2, -0.15) is 0 Å². The smallest absolute Gasteiger partial charge is 0.239 e. The van der Waals surface area contributed by atoms with Gasteiger partial charge in [0.15, 0.2) is 0 Å². The minimum Gasteiger partial charge on any atom is -0.341 e. The average Bonchev–Trinajstić information content (AvgIpc) is 2.63. The van der Waals surface area contributed by atoms with Gasteiger partial charge in [-0.3, -0.25) is 9.69 Å². The van der Waals surface area contributed by atoms with Crippen LogP contribution >= 0.6 is 0 Å². The Hall–Kier alpha value is -1.43. The molecular weight excluding hydrogens is 300 g/mol. The third-order valence-electron chi connectivity index (χ3n) is 5.45. The lowest BCUT2D eigenvalue weighted by molar-refractivity contribution is -0.134. The first-order chi connectivity index (χ1) is 11.6. The first-order valence-corrected chi connectivity index (χ1v) is 9.14. The topological polar surface area (TPSA) is 52.8 Å². The lowest BCUT2D eigenvalue weighted by Crippen LogP contribution is -2.54. The van der Waals surface area contributed by atoms with Gasteiger partial charge in [0.2, 0.25) is 5.91 Å². The Balaban J connectivity index is 1.46. The Morgan fingerprint density at radius 3 is 2.33 bits per heavy atom. The first-order valence-electron chi connectivity index (χ1n) is 9.14. The van der Waals surface area contributed by atoms with Gasteiger partial charge in [-0.15, -0.1) is 0 Å². The second-order valence-electron chi connectivity index (χ2n) is 7.19. The molecule has 3 rings (SSSR count). The zero-order chi connectivity index (χ0) is 16.9. The number of benzene rings is 1. The predicted octanol–water partition coefficient (Wildman–Crippen LogP) is 0.795.